The molecule has 0 radical (unpaired) electrons. The molecule has 0 aliphatic rings. The van der Waals surface area contributed by atoms with Crippen molar-refractivity contribution in [3.05, 3.63) is 63.6 Å². The zero-order chi connectivity index (χ0) is 15.4. The van der Waals surface area contributed by atoms with E-state index in [0.29, 0.717) is 21.2 Å². The molecule has 2 aromatic rings. The molecule has 5 heteroatoms. The standard InChI is InChI=1S/C16H12Cl2N2O/c1-20(13-5-2-11(9-19)3-6-13)10-16(21)14-7-4-12(17)8-15(14)18/h2-8H,10H2,1H3. The van der Waals surface area contributed by atoms with Gasteiger partial charge in [-0.3, -0.25) is 4.79 Å². The van der Waals surface area contributed by atoms with E-state index in [1.54, 1.807) is 47.4 Å². The van der Waals surface area contributed by atoms with Gasteiger partial charge in [0.2, 0.25) is 0 Å². The summed E-state index contributed by atoms with van der Waals surface area (Å²) in [6.07, 6.45) is 0. The minimum Gasteiger partial charge on any atom is -0.367 e. The molecule has 0 saturated heterocycles. The molecule has 0 spiro atoms. The molecular weight excluding hydrogens is 307 g/mol. The van der Waals surface area contributed by atoms with Crippen molar-refractivity contribution in [2.75, 3.05) is 18.5 Å². The number of nitriles is 1. The third kappa shape index (κ3) is 3.75. The number of carbonyl (C=O) groups excluding carboxylic acids is 1. The first kappa shape index (κ1) is 15.4. The number of Topliss-reactive ketones (excluding diaryl/α,β-unsaturated/α-hetero) is 1. The molecule has 2 aromatic carbocycles. The van der Waals surface area contributed by atoms with Crippen LogP contribution in [0.5, 0.6) is 0 Å². The van der Waals surface area contributed by atoms with Crippen LogP contribution in [0.15, 0.2) is 42.5 Å². The van der Waals surface area contributed by atoms with Gasteiger partial charge in [-0.1, -0.05) is 23.2 Å². The van der Waals surface area contributed by atoms with Gasteiger partial charge < -0.3 is 4.90 Å². The first-order chi connectivity index (χ1) is 10.0. The van der Waals surface area contributed by atoms with Gasteiger partial charge in [0.15, 0.2) is 5.78 Å². The summed E-state index contributed by atoms with van der Waals surface area (Å²) in [5, 5.41) is 9.62. The lowest BCUT2D eigenvalue weighted by atomic mass is 10.1. The number of rotatable bonds is 4. The summed E-state index contributed by atoms with van der Waals surface area (Å²) in [7, 11) is 1.81. The van der Waals surface area contributed by atoms with E-state index in [0.717, 1.165) is 5.69 Å². The fourth-order valence-corrected chi connectivity index (χ4v) is 2.41. The maximum Gasteiger partial charge on any atom is 0.183 e. The average molecular weight is 319 g/mol. The normalized spacial score (nSPS) is 10.0. The van der Waals surface area contributed by atoms with Crippen LogP contribution >= 0.6 is 23.2 Å². The first-order valence-corrected chi connectivity index (χ1v) is 6.96. The predicted molar refractivity (Wildman–Crippen MR) is 85.2 cm³/mol. The number of anilines is 1. The van der Waals surface area contributed by atoms with Crippen molar-refractivity contribution in [1.29, 1.82) is 5.26 Å². The van der Waals surface area contributed by atoms with Crippen molar-refractivity contribution in [3.63, 3.8) is 0 Å². The lowest BCUT2D eigenvalue weighted by Crippen LogP contribution is -2.25. The molecule has 0 N–H and O–H groups in total. The Labute approximate surface area is 133 Å². The smallest absolute Gasteiger partial charge is 0.183 e. The monoisotopic (exact) mass is 318 g/mol. The third-order valence-corrected chi connectivity index (χ3v) is 3.60. The highest BCUT2D eigenvalue weighted by molar-refractivity contribution is 6.36. The van der Waals surface area contributed by atoms with Crippen LogP contribution in [0, 0.1) is 11.3 Å². The van der Waals surface area contributed by atoms with Crippen LogP contribution in [-0.2, 0) is 0 Å². The van der Waals surface area contributed by atoms with Crippen LogP contribution < -0.4 is 4.90 Å². The van der Waals surface area contributed by atoms with E-state index in [-0.39, 0.29) is 12.3 Å². The van der Waals surface area contributed by atoms with Crippen LogP contribution in [0.4, 0.5) is 5.69 Å². The Kier molecular flexibility index (Phi) is 4.85. The predicted octanol–water partition coefficient (Wildman–Crippen LogP) is 4.18. The maximum absolute atomic E-state index is 12.3. The quantitative estimate of drug-likeness (QED) is 0.794. The number of nitrogens with zero attached hydrogens (tertiary/aromatic N) is 2. The van der Waals surface area contributed by atoms with E-state index in [1.807, 2.05) is 7.05 Å². The number of hydrogen-bond donors (Lipinski definition) is 0. The number of hydrogen-bond acceptors (Lipinski definition) is 3. The fraction of sp³-hybridized carbons (Fsp3) is 0.125. The number of likely N-dealkylation sites (N-methyl/N-ethyl adjacent to an activating group) is 1. The number of ketones is 1. The largest absolute Gasteiger partial charge is 0.367 e. The third-order valence-electron chi connectivity index (χ3n) is 3.05. The molecule has 3 nitrogen and oxygen atoms in total. The molecule has 106 valence electrons. The van der Waals surface area contributed by atoms with Crippen LogP contribution in [-0.4, -0.2) is 19.4 Å². The van der Waals surface area contributed by atoms with Crippen molar-refractivity contribution < 1.29 is 4.79 Å². The van der Waals surface area contributed by atoms with Crippen molar-refractivity contribution in [2.45, 2.75) is 0 Å². The number of carbonyl (C=O) groups is 1. The summed E-state index contributed by atoms with van der Waals surface area (Å²) in [6, 6.07) is 13.9. The molecule has 0 bridgehead atoms. The van der Waals surface area contributed by atoms with E-state index < -0.39 is 0 Å². The van der Waals surface area contributed by atoms with Gasteiger partial charge in [-0.25, -0.2) is 0 Å². The second-order valence-electron chi connectivity index (χ2n) is 4.56. The second kappa shape index (κ2) is 6.62. The molecule has 0 saturated carbocycles. The summed E-state index contributed by atoms with van der Waals surface area (Å²) in [4.78, 5) is 14.1. The highest BCUT2D eigenvalue weighted by Gasteiger charge is 2.13. The Bertz CT molecular complexity index is 705. The Balaban J connectivity index is 2.13. The number of benzene rings is 2. The molecule has 0 aliphatic heterocycles. The lowest BCUT2D eigenvalue weighted by Gasteiger charge is -2.18. The minimum absolute atomic E-state index is 0.0940. The fourth-order valence-electron chi connectivity index (χ4n) is 1.90. The van der Waals surface area contributed by atoms with Gasteiger partial charge in [-0.2, -0.15) is 5.26 Å². The van der Waals surface area contributed by atoms with E-state index >= 15 is 0 Å². The van der Waals surface area contributed by atoms with E-state index in [9.17, 15) is 4.79 Å². The highest BCUT2D eigenvalue weighted by atomic mass is 35.5. The van der Waals surface area contributed by atoms with Gasteiger partial charge >= 0.3 is 0 Å². The van der Waals surface area contributed by atoms with Gasteiger partial charge in [0.25, 0.3) is 0 Å². The van der Waals surface area contributed by atoms with Crippen LogP contribution in [0.25, 0.3) is 0 Å². The SMILES string of the molecule is CN(CC(=O)c1ccc(Cl)cc1Cl)c1ccc(C#N)cc1. The number of halogens is 2. The highest BCUT2D eigenvalue weighted by Crippen LogP contribution is 2.22. The van der Waals surface area contributed by atoms with Crippen LogP contribution in [0.3, 0.4) is 0 Å². The Hall–Kier alpha value is -2.02. The Morgan fingerprint density at radius 1 is 1.19 bits per heavy atom. The second-order valence-corrected chi connectivity index (χ2v) is 5.41. The summed E-state index contributed by atoms with van der Waals surface area (Å²) >= 11 is 11.9. The van der Waals surface area contributed by atoms with Gasteiger partial charge in [0.1, 0.15) is 0 Å². The molecule has 21 heavy (non-hydrogen) atoms. The summed E-state index contributed by atoms with van der Waals surface area (Å²) < 4.78 is 0. The zero-order valence-corrected chi connectivity index (χ0v) is 12.8. The molecule has 0 amide bonds. The maximum atomic E-state index is 12.3. The topological polar surface area (TPSA) is 44.1 Å². The molecule has 0 fully saturated rings. The summed E-state index contributed by atoms with van der Waals surface area (Å²) in [5.74, 6) is -0.0940. The van der Waals surface area contributed by atoms with Crippen molar-refractivity contribution >= 4 is 34.7 Å². The van der Waals surface area contributed by atoms with Gasteiger partial charge in [-0.05, 0) is 42.5 Å². The van der Waals surface area contributed by atoms with Crippen molar-refractivity contribution in [3.8, 4) is 6.07 Å². The first-order valence-electron chi connectivity index (χ1n) is 6.21. The molecule has 0 atom stereocenters. The molecular formula is C16H12Cl2N2O. The molecule has 0 heterocycles. The average Bonchev–Trinajstić information content (AvgIpc) is 2.47. The van der Waals surface area contributed by atoms with Gasteiger partial charge in [0, 0.05) is 23.3 Å². The Morgan fingerprint density at radius 2 is 1.86 bits per heavy atom. The molecule has 0 aliphatic carbocycles. The zero-order valence-electron chi connectivity index (χ0n) is 11.3. The lowest BCUT2D eigenvalue weighted by molar-refractivity contribution is 0.100. The summed E-state index contributed by atoms with van der Waals surface area (Å²) in [5.41, 5.74) is 1.88. The molecule has 0 aromatic heterocycles. The van der Waals surface area contributed by atoms with Crippen molar-refractivity contribution in [2.24, 2.45) is 0 Å². The van der Waals surface area contributed by atoms with E-state index in [4.69, 9.17) is 28.5 Å². The van der Waals surface area contributed by atoms with E-state index in [1.165, 1.54) is 0 Å². The minimum atomic E-state index is -0.0940. The Morgan fingerprint density at radius 3 is 2.43 bits per heavy atom. The van der Waals surface area contributed by atoms with Crippen molar-refractivity contribution in [1.82, 2.24) is 0 Å². The molecule has 0 unspecified atom stereocenters. The van der Waals surface area contributed by atoms with Gasteiger partial charge in [0.05, 0.1) is 23.2 Å². The van der Waals surface area contributed by atoms with Crippen LogP contribution in [0.2, 0.25) is 10.0 Å². The summed E-state index contributed by atoms with van der Waals surface area (Å²) in [6.45, 7) is 0.188. The molecule has 2 rings (SSSR count). The van der Waals surface area contributed by atoms with E-state index in [2.05, 4.69) is 6.07 Å². The van der Waals surface area contributed by atoms with Gasteiger partial charge in [-0.15, -0.1) is 0 Å². The van der Waals surface area contributed by atoms with Crippen LogP contribution in [0.1, 0.15) is 15.9 Å².